The van der Waals surface area contributed by atoms with Crippen LogP contribution < -0.4 is 5.73 Å². The van der Waals surface area contributed by atoms with E-state index < -0.39 is 6.04 Å². The van der Waals surface area contributed by atoms with Crippen LogP contribution in [0.15, 0.2) is 36.4 Å². The van der Waals surface area contributed by atoms with Gasteiger partial charge in [-0.05, 0) is 47.9 Å². The summed E-state index contributed by atoms with van der Waals surface area (Å²) >= 11 is 12.0. The zero-order chi connectivity index (χ0) is 13.3. The summed E-state index contributed by atoms with van der Waals surface area (Å²) in [5.74, 6) is -0.331. The lowest BCUT2D eigenvalue weighted by Gasteiger charge is -2.15. The predicted molar refractivity (Wildman–Crippen MR) is 73.6 cm³/mol. The van der Waals surface area contributed by atoms with Crippen molar-refractivity contribution in [2.24, 2.45) is 5.73 Å². The van der Waals surface area contributed by atoms with Crippen LogP contribution in [0.2, 0.25) is 10.0 Å². The van der Waals surface area contributed by atoms with Gasteiger partial charge in [0.15, 0.2) is 0 Å². The molecule has 0 saturated heterocycles. The molecule has 94 valence electrons. The summed E-state index contributed by atoms with van der Waals surface area (Å²) in [6.45, 7) is 1.68. The van der Waals surface area contributed by atoms with Gasteiger partial charge in [0.2, 0.25) is 0 Å². The van der Waals surface area contributed by atoms with Gasteiger partial charge in [-0.3, -0.25) is 0 Å². The van der Waals surface area contributed by atoms with E-state index in [1.807, 2.05) is 12.1 Å². The second-order valence-corrected chi connectivity index (χ2v) is 5.00. The van der Waals surface area contributed by atoms with E-state index in [1.165, 1.54) is 6.07 Å². The van der Waals surface area contributed by atoms with Gasteiger partial charge in [0.05, 0.1) is 6.04 Å². The van der Waals surface area contributed by atoms with Gasteiger partial charge in [0, 0.05) is 10.0 Å². The van der Waals surface area contributed by atoms with Crippen LogP contribution in [0.25, 0.3) is 0 Å². The van der Waals surface area contributed by atoms with E-state index in [9.17, 15) is 4.39 Å². The Morgan fingerprint density at radius 2 is 1.89 bits per heavy atom. The minimum Gasteiger partial charge on any atom is -0.320 e. The molecule has 18 heavy (non-hydrogen) atoms. The Morgan fingerprint density at radius 1 is 1.17 bits per heavy atom. The molecule has 0 spiro atoms. The minimum absolute atomic E-state index is 0.325. The molecule has 4 heteroatoms. The zero-order valence-corrected chi connectivity index (χ0v) is 11.3. The Kier molecular flexibility index (Phi) is 3.91. The van der Waals surface area contributed by atoms with E-state index in [0.29, 0.717) is 21.2 Å². The number of hydrogen-bond donors (Lipinski definition) is 1. The van der Waals surface area contributed by atoms with Crippen LogP contribution in [0.4, 0.5) is 4.39 Å². The van der Waals surface area contributed by atoms with Gasteiger partial charge in [-0.2, -0.15) is 0 Å². The fourth-order valence-corrected chi connectivity index (χ4v) is 2.26. The number of nitrogens with two attached hydrogens (primary N) is 1. The highest BCUT2D eigenvalue weighted by atomic mass is 35.5. The first-order valence-corrected chi connectivity index (χ1v) is 6.21. The molecule has 0 fully saturated rings. The van der Waals surface area contributed by atoms with E-state index in [-0.39, 0.29) is 5.82 Å². The molecule has 0 radical (unpaired) electrons. The molecule has 2 aromatic rings. The van der Waals surface area contributed by atoms with Gasteiger partial charge < -0.3 is 5.73 Å². The first-order valence-electron chi connectivity index (χ1n) is 5.45. The third kappa shape index (κ3) is 2.66. The number of halogens is 3. The SMILES string of the molecule is Cc1cc(C(N)c2cccc(Cl)c2)c(Cl)cc1F. The molecule has 1 unspecified atom stereocenters. The first-order chi connectivity index (χ1) is 8.49. The molecule has 0 aliphatic rings. The Morgan fingerprint density at radius 3 is 2.56 bits per heavy atom. The van der Waals surface area contributed by atoms with Crippen molar-refractivity contribution < 1.29 is 4.39 Å². The molecule has 0 amide bonds. The van der Waals surface area contributed by atoms with Crippen molar-refractivity contribution in [3.05, 3.63) is 69.0 Å². The maximum Gasteiger partial charge on any atom is 0.127 e. The molecule has 2 N–H and O–H groups in total. The summed E-state index contributed by atoms with van der Waals surface area (Å²) in [4.78, 5) is 0. The van der Waals surface area contributed by atoms with Crippen LogP contribution in [0.3, 0.4) is 0 Å². The standard InChI is InChI=1S/C14H12Cl2FN/c1-8-5-11(12(16)7-13(8)17)14(18)9-3-2-4-10(15)6-9/h2-7,14H,18H2,1H3. The molecule has 0 aliphatic heterocycles. The monoisotopic (exact) mass is 283 g/mol. The first kappa shape index (κ1) is 13.3. The van der Waals surface area contributed by atoms with Crippen LogP contribution >= 0.6 is 23.2 Å². The van der Waals surface area contributed by atoms with Crippen LogP contribution in [0, 0.1) is 12.7 Å². The quantitative estimate of drug-likeness (QED) is 0.864. The lowest BCUT2D eigenvalue weighted by atomic mass is 9.98. The Hall–Kier alpha value is -1.09. The molecule has 2 rings (SSSR count). The van der Waals surface area contributed by atoms with Crippen LogP contribution in [-0.4, -0.2) is 0 Å². The molecule has 0 saturated carbocycles. The maximum absolute atomic E-state index is 13.3. The third-order valence-corrected chi connectivity index (χ3v) is 3.38. The number of benzene rings is 2. The molecular formula is C14H12Cl2FN. The van der Waals surface area contributed by atoms with E-state index in [1.54, 1.807) is 25.1 Å². The largest absolute Gasteiger partial charge is 0.320 e. The normalized spacial score (nSPS) is 12.5. The van der Waals surface area contributed by atoms with Crippen LogP contribution in [-0.2, 0) is 0 Å². The summed E-state index contributed by atoms with van der Waals surface area (Å²) in [5.41, 5.74) is 8.20. The van der Waals surface area contributed by atoms with Crippen LogP contribution in [0.5, 0.6) is 0 Å². The Balaban J connectivity index is 2.46. The zero-order valence-electron chi connectivity index (χ0n) is 9.75. The van der Waals surface area contributed by atoms with Crippen LogP contribution in [0.1, 0.15) is 22.7 Å². The number of hydrogen-bond acceptors (Lipinski definition) is 1. The van der Waals surface area contributed by atoms with Gasteiger partial charge >= 0.3 is 0 Å². The van der Waals surface area contributed by atoms with Crippen molar-refractivity contribution in [2.75, 3.05) is 0 Å². The fourth-order valence-electron chi connectivity index (χ4n) is 1.80. The topological polar surface area (TPSA) is 26.0 Å². The predicted octanol–water partition coefficient (Wildman–Crippen LogP) is 4.49. The number of rotatable bonds is 2. The summed E-state index contributed by atoms with van der Waals surface area (Å²) in [6, 6.07) is 9.78. The van der Waals surface area contributed by atoms with Crippen molar-refractivity contribution in [2.45, 2.75) is 13.0 Å². The molecule has 2 aromatic carbocycles. The molecular weight excluding hydrogens is 272 g/mol. The minimum atomic E-state index is -0.421. The molecule has 0 heterocycles. The van der Waals surface area contributed by atoms with E-state index in [0.717, 1.165) is 5.56 Å². The average Bonchev–Trinajstić information content (AvgIpc) is 2.33. The van der Waals surface area contributed by atoms with Gasteiger partial charge in [0.1, 0.15) is 5.82 Å². The second-order valence-electron chi connectivity index (χ2n) is 4.16. The highest BCUT2D eigenvalue weighted by Crippen LogP contribution is 2.29. The second kappa shape index (κ2) is 5.27. The maximum atomic E-state index is 13.3. The van der Waals surface area contributed by atoms with Gasteiger partial charge in [0.25, 0.3) is 0 Å². The lowest BCUT2D eigenvalue weighted by molar-refractivity contribution is 0.617. The molecule has 0 aromatic heterocycles. The highest BCUT2D eigenvalue weighted by Gasteiger charge is 2.15. The summed E-state index contributed by atoms with van der Waals surface area (Å²) in [5, 5.41) is 0.934. The van der Waals surface area contributed by atoms with Gasteiger partial charge in [-0.1, -0.05) is 35.3 Å². The summed E-state index contributed by atoms with van der Waals surface area (Å²) < 4.78 is 13.3. The molecule has 1 atom stereocenters. The van der Waals surface area contributed by atoms with Gasteiger partial charge in [-0.25, -0.2) is 4.39 Å². The summed E-state index contributed by atoms with van der Waals surface area (Å²) in [7, 11) is 0. The lowest BCUT2D eigenvalue weighted by Crippen LogP contribution is -2.13. The highest BCUT2D eigenvalue weighted by molar-refractivity contribution is 6.31. The smallest absolute Gasteiger partial charge is 0.127 e. The van der Waals surface area contributed by atoms with Gasteiger partial charge in [-0.15, -0.1) is 0 Å². The molecule has 0 bridgehead atoms. The fraction of sp³-hybridized carbons (Fsp3) is 0.143. The Bertz CT molecular complexity index is 584. The Labute approximate surface area is 115 Å². The molecule has 1 nitrogen and oxygen atoms in total. The van der Waals surface area contributed by atoms with Crippen molar-refractivity contribution >= 4 is 23.2 Å². The van der Waals surface area contributed by atoms with Crippen molar-refractivity contribution in [3.63, 3.8) is 0 Å². The van der Waals surface area contributed by atoms with Crippen molar-refractivity contribution in [1.82, 2.24) is 0 Å². The van der Waals surface area contributed by atoms with Crippen molar-refractivity contribution in [1.29, 1.82) is 0 Å². The third-order valence-electron chi connectivity index (χ3n) is 2.82. The summed E-state index contributed by atoms with van der Waals surface area (Å²) in [6.07, 6.45) is 0. The average molecular weight is 284 g/mol. The van der Waals surface area contributed by atoms with E-state index in [4.69, 9.17) is 28.9 Å². The van der Waals surface area contributed by atoms with E-state index in [2.05, 4.69) is 0 Å². The van der Waals surface area contributed by atoms with Crippen molar-refractivity contribution in [3.8, 4) is 0 Å². The molecule has 0 aliphatic carbocycles. The number of aryl methyl sites for hydroxylation is 1. The van der Waals surface area contributed by atoms with E-state index >= 15 is 0 Å².